The minimum absolute atomic E-state index is 0.216. The number of amides is 1. The number of nitrogens with one attached hydrogen (secondary N) is 1. The molecule has 0 spiro atoms. The van der Waals surface area contributed by atoms with Crippen LogP contribution < -0.4 is 10.7 Å². The summed E-state index contributed by atoms with van der Waals surface area (Å²) in [5.41, 5.74) is 4.38. The van der Waals surface area contributed by atoms with Crippen LogP contribution in [0.25, 0.3) is 0 Å². The Hall–Kier alpha value is -1.88. The van der Waals surface area contributed by atoms with Gasteiger partial charge in [-0.1, -0.05) is 38.5 Å². The second-order valence-electron chi connectivity index (χ2n) is 6.63. The van der Waals surface area contributed by atoms with Gasteiger partial charge >= 0.3 is 0 Å². The molecule has 0 saturated carbocycles. The van der Waals surface area contributed by atoms with Crippen LogP contribution in [0.5, 0.6) is 0 Å². The number of hydrogen-bond donors (Lipinski definition) is 1. The van der Waals surface area contributed by atoms with Crippen LogP contribution >= 0.6 is 15.9 Å². The molecule has 0 saturated heterocycles. The summed E-state index contributed by atoms with van der Waals surface area (Å²) in [6, 6.07) is 5.85. The van der Waals surface area contributed by atoms with Gasteiger partial charge in [-0.15, -0.1) is 0 Å². The molecule has 2 rings (SSSR count). The van der Waals surface area contributed by atoms with Crippen molar-refractivity contribution in [2.75, 3.05) is 5.32 Å². The third kappa shape index (κ3) is 3.93. The molecule has 2 aromatic rings. The molecule has 0 unspecified atom stereocenters. The van der Waals surface area contributed by atoms with Crippen LogP contribution in [0, 0.1) is 20.8 Å². The van der Waals surface area contributed by atoms with Gasteiger partial charge in [-0.05, 0) is 60.7 Å². The number of rotatable bonds is 6. The molecular weight excluding hydrogens is 392 g/mol. The summed E-state index contributed by atoms with van der Waals surface area (Å²) >= 11 is 3.44. The first-order chi connectivity index (χ1) is 12.3. The zero-order valence-electron chi connectivity index (χ0n) is 16.2. The van der Waals surface area contributed by atoms with E-state index in [2.05, 4.69) is 32.7 Å². The fourth-order valence-corrected chi connectivity index (χ4v) is 3.97. The number of benzene rings is 1. The monoisotopic (exact) mass is 418 g/mol. The summed E-state index contributed by atoms with van der Waals surface area (Å²) in [5, 5.41) is 2.95. The first-order valence-corrected chi connectivity index (χ1v) is 9.92. The van der Waals surface area contributed by atoms with Crippen molar-refractivity contribution in [1.29, 1.82) is 0 Å². The van der Waals surface area contributed by atoms with Crippen molar-refractivity contribution in [3.8, 4) is 0 Å². The van der Waals surface area contributed by atoms with Gasteiger partial charge in [0.25, 0.3) is 5.91 Å². The molecule has 0 atom stereocenters. The molecular formula is C21H27BrN2O2. The van der Waals surface area contributed by atoms with Gasteiger partial charge < -0.3 is 9.88 Å². The molecule has 1 amide bonds. The molecule has 4 nitrogen and oxygen atoms in total. The Bertz CT molecular complexity index is 864. The highest BCUT2D eigenvalue weighted by Crippen LogP contribution is 2.23. The maximum absolute atomic E-state index is 13.0. The lowest BCUT2D eigenvalue weighted by atomic mass is 10.1. The predicted molar refractivity (Wildman–Crippen MR) is 111 cm³/mol. The highest BCUT2D eigenvalue weighted by molar-refractivity contribution is 9.10. The summed E-state index contributed by atoms with van der Waals surface area (Å²) in [6.45, 7) is 10.7. The number of aromatic nitrogens is 1. The first kappa shape index (κ1) is 20.4. The van der Waals surface area contributed by atoms with Crippen molar-refractivity contribution >= 4 is 27.5 Å². The molecule has 5 heteroatoms. The van der Waals surface area contributed by atoms with Gasteiger partial charge in [-0.25, -0.2) is 0 Å². The van der Waals surface area contributed by atoms with Crippen LogP contribution in [0.2, 0.25) is 0 Å². The topological polar surface area (TPSA) is 51.1 Å². The number of nitrogens with zero attached hydrogens (tertiary/aromatic N) is 1. The van der Waals surface area contributed by atoms with Gasteiger partial charge in [0, 0.05) is 23.6 Å². The van der Waals surface area contributed by atoms with E-state index in [-0.39, 0.29) is 16.9 Å². The number of carbonyl (C=O) groups excluding carboxylic acids is 1. The molecule has 0 aliphatic carbocycles. The van der Waals surface area contributed by atoms with Gasteiger partial charge in [0.1, 0.15) is 5.56 Å². The van der Waals surface area contributed by atoms with Crippen LogP contribution in [0.1, 0.15) is 59.6 Å². The lowest BCUT2D eigenvalue weighted by molar-refractivity contribution is 0.102. The normalized spacial score (nSPS) is 10.8. The van der Waals surface area contributed by atoms with Gasteiger partial charge in [0.15, 0.2) is 0 Å². The fraction of sp³-hybridized carbons (Fsp3) is 0.429. The van der Waals surface area contributed by atoms with Gasteiger partial charge in [0.05, 0.1) is 4.47 Å². The van der Waals surface area contributed by atoms with E-state index in [1.165, 1.54) is 0 Å². The van der Waals surface area contributed by atoms with Gasteiger partial charge in [0.2, 0.25) is 5.43 Å². The Labute approximate surface area is 163 Å². The lowest BCUT2D eigenvalue weighted by Crippen LogP contribution is -2.29. The summed E-state index contributed by atoms with van der Waals surface area (Å²) in [6.07, 6.45) is 2.79. The molecule has 0 aliphatic heterocycles. The van der Waals surface area contributed by atoms with Crippen molar-refractivity contribution in [2.24, 2.45) is 0 Å². The summed E-state index contributed by atoms with van der Waals surface area (Å²) in [5.74, 6) is -0.349. The maximum atomic E-state index is 13.0. The van der Waals surface area contributed by atoms with Crippen LogP contribution in [-0.4, -0.2) is 10.5 Å². The molecule has 1 aromatic carbocycles. The third-order valence-electron chi connectivity index (χ3n) is 4.79. The zero-order valence-corrected chi connectivity index (χ0v) is 17.8. The maximum Gasteiger partial charge on any atom is 0.261 e. The summed E-state index contributed by atoms with van der Waals surface area (Å²) < 4.78 is 2.60. The summed E-state index contributed by atoms with van der Waals surface area (Å²) in [4.78, 5) is 25.9. The van der Waals surface area contributed by atoms with E-state index in [4.69, 9.17) is 0 Å². The number of para-hydroxylation sites is 1. The first-order valence-electron chi connectivity index (χ1n) is 9.12. The molecule has 26 heavy (non-hydrogen) atoms. The van der Waals surface area contributed by atoms with E-state index < -0.39 is 0 Å². The summed E-state index contributed by atoms with van der Waals surface area (Å²) in [7, 11) is 0. The Morgan fingerprint density at radius 3 is 2.31 bits per heavy atom. The molecule has 0 fully saturated rings. The van der Waals surface area contributed by atoms with E-state index >= 15 is 0 Å². The number of unbranched alkanes of at least 4 members (excludes halogenated alkanes) is 1. The van der Waals surface area contributed by atoms with Crippen LogP contribution in [0.3, 0.4) is 0 Å². The average molecular weight is 419 g/mol. The van der Waals surface area contributed by atoms with Crippen molar-refractivity contribution < 1.29 is 4.79 Å². The van der Waals surface area contributed by atoms with Crippen molar-refractivity contribution in [1.82, 2.24) is 4.57 Å². The minimum atomic E-state index is -0.349. The van der Waals surface area contributed by atoms with Gasteiger partial charge in [-0.2, -0.15) is 0 Å². The van der Waals surface area contributed by atoms with E-state index in [0.717, 1.165) is 54.0 Å². The zero-order chi connectivity index (χ0) is 19.4. The number of hydrogen-bond acceptors (Lipinski definition) is 2. The smallest absolute Gasteiger partial charge is 0.261 e. The van der Waals surface area contributed by atoms with Crippen molar-refractivity contribution in [3.63, 3.8) is 0 Å². The average Bonchev–Trinajstić information content (AvgIpc) is 2.60. The third-order valence-corrected chi connectivity index (χ3v) is 5.61. The Balaban J connectivity index is 2.56. The molecule has 0 bridgehead atoms. The fourth-order valence-electron chi connectivity index (χ4n) is 3.28. The highest BCUT2D eigenvalue weighted by Gasteiger charge is 2.22. The van der Waals surface area contributed by atoms with Crippen molar-refractivity contribution in [2.45, 2.75) is 60.4 Å². The number of aryl methyl sites for hydroxylation is 2. The molecule has 1 N–H and O–H groups in total. The molecule has 140 valence electrons. The SMILES string of the molecule is CCCCn1c(C)c(C(=O)Nc2c(C)cccc2C)c(=O)c(Br)c1CC. The highest BCUT2D eigenvalue weighted by atomic mass is 79.9. The number of pyridine rings is 1. The largest absolute Gasteiger partial charge is 0.347 e. The van der Waals surface area contributed by atoms with Crippen LogP contribution in [-0.2, 0) is 13.0 Å². The predicted octanol–water partition coefficient (Wildman–Crippen LogP) is 5.15. The minimum Gasteiger partial charge on any atom is -0.347 e. The quantitative estimate of drug-likeness (QED) is 0.704. The molecule has 0 radical (unpaired) electrons. The molecule has 1 heterocycles. The Morgan fingerprint density at radius 1 is 1.15 bits per heavy atom. The van der Waals surface area contributed by atoms with Crippen LogP contribution in [0.4, 0.5) is 5.69 Å². The number of halogens is 1. The molecule has 1 aromatic heterocycles. The Morgan fingerprint density at radius 2 is 1.77 bits per heavy atom. The second-order valence-corrected chi connectivity index (χ2v) is 7.42. The van der Waals surface area contributed by atoms with E-state index in [0.29, 0.717) is 4.47 Å². The molecule has 0 aliphatic rings. The number of carbonyl (C=O) groups is 1. The van der Waals surface area contributed by atoms with E-state index in [1.54, 1.807) is 0 Å². The van der Waals surface area contributed by atoms with E-state index in [1.807, 2.05) is 45.9 Å². The number of anilines is 1. The van der Waals surface area contributed by atoms with Crippen molar-refractivity contribution in [3.05, 3.63) is 61.0 Å². The van der Waals surface area contributed by atoms with E-state index in [9.17, 15) is 9.59 Å². The standard InChI is InChI=1S/C21H27BrN2O2/c1-6-8-12-24-15(5)17(20(25)18(22)16(24)7-2)21(26)23-19-13(3)10-9-11-14(19)4/h9-11H,6-8,12H2,1-5H3,(H,23,26). The Kier molecular flexibility index (Phi) is 6.81. The second kappa shape index (κ2) is 8.67. The van der Waals surface area contributed by atoms with Crippen LogP contribution in [0.15, 0.2) is 27.5 Å². The lowest BCUT2D eigenvalue weighted by Gasteiger charge is -2.20. The van der Waals surface area contributed by atoms with Gasteiger partial charge in [-0.3, -0.25) is 9.59 Å².